The SMILES string of the molecule is CC1=C2C[C@@]3(C)C(=C[C@@H](OC(C)C)[C@H](OC(=O)c4ccco4)[C@@H]3C)C=C2N(C)C1=O. The molecule has 4 rings (SSSR count). The highest BCUT2D eigenvalue weighted by molar-refractivity contribution is 6.00. The Kier molecular flexibility index (Phi) is 5.01. The lowest BCUT2D eigenvalue weighted by atomic mass is 9.59. The van der Waals surface area contributed by atoms with Crippen molar-refractivity contribution in [3.63, 3.8) is 0 Å². The molecule has 3 aliphatic rings. The summed E-state index contributed by atoms with van der Waals surface area (Å²) in [7, 11) is 1.82. The van der Waals surface area contributed by atoms with E-state index in [4.69, 9.17) is 13.9 Å². The summed E-state index contributed by atoms with van der Waals surface area (Å²) in [5.41, 5.74) is 3.67. The van der Waals surface area contributed by atoms with Crippen LogP contribution in [-0.4, -0.2) is 42.1 Å². The Labute approximate surface area is 177 Å². The first-order valence-electron chi connectivity index (χ1n) is 10.5. The van der Waals surface area contributed by atoms with Gasteiger partial charge in [-0.15, -0.1) is 0 Å². The van der Waals surface area contributed by atoms with E-state index in [-0.39, 0.29) is 35.2 Å². The predicted molar refractivity (Wildman–Crippen MR) is 111 cm³/mol. The third-order valence-electron chi connectivity index (χ3n) is 6.80. The highest BCUT2D eigenvalue weighted by Gasteiger charge is 2.51. The van der Waals surface area contributed by atoms with Crippen LogP contribution in [0, 0.1) is 11.3 Å². The summed E-state index contributed by atoms with van der Waals surface area (Å²) < 4.78 is 17.3. The molecule has 0 aromatic carbocycles. The molecule has 0 unspecified atom stereocenters. The van der Waals surface area contributed by atoms with Crippen LogP contribution < -0.4 is 0 Å². The zero-order valence-corrected chi connectivity index (χ0v) is 18.4. The third kappa shape index (κ3) is 3.14. The molecule has 6 nitrogen and oxygen atoms in total. The molecule has 2 heterocycles. The Morgan fingerprint density at radius 3 is 2.73 bits per heavy atom. The van der Waals surface area contributed by atoms with Crippen LogP contribution in [0.3, 0.4) is 0 Å². The topological polar surface area (TPSA) is 69.0 Å². The van der Waals surface area contributed by atoms with E-state index < -0.39 is 12.1 Å². The average Bonchev–Trinajstić information content (AvgIpc) is 3.29. The fourth-order valence-electron chi connectivity index (χ4n) is 4.83. The van der Waals surface area contributed by atoms with Crippen molar-refractivity contribution in [1.29, 1.82) is 0 Å². The van der Waals surface area contributed by atoms with E-state index in [1.165, 1.54) is 6.26 Å². The van der Waals surface area contributed by atoms with Crippen molar-refractivity contribution in [2.24, 2.45) is 11.3 Å². The van der Waals surface area contributed by atoms with Crippen LogP contribution in [0.25, 0.3) is 0 Å². The molecule has 0 bridgehead atoms. The first kappa shape index (κ1) is 20.7. The number of nitrogens with zero attached hydrogens (tertiary/aromatic N) is 1. The largest absolute Gasteiger partial charge is 0.457 e. The van der Waals surface area contributed by atoms with Crippen LogP contribution in [0.2, 0.25) is 0 Å². The van der Waals surface area contributed by atoms with E-state index in [9.17, 15) is 9.59 Å². The number of carbonyl (C=O) groups is 2. The van der Waals surface area contributed by atoms with Crippen LogP contribution in [0.1, 0.15) is 51.6 Å². The maximum Gasteiger partial charge on any atom is 0.374 e. The van der Waals surface area contributed by atoms with Gasteiger partial charge in [0.2, 0.25) is 5.76 Å². The van der Waals surface area contributed by atoms with Gasteiger partial charge in [0, 0.05) is 29.7 Å². The Hall–Kier alpha value is -2.60. The molecule has 1 aliphatic heterocycles. The molecule has 1 aromatic heterocycles. The summed E-state index contributed by atoms with van der Waals surface area (Å²) in [5.74, 6) is -0.299. The third-order valence-corrected chi connectivity index (χ3v) is 6.80. The molecule has 4 atom stereocenters. The molecule has 2 aliphatic carbocycles. The minimum atomic E-state index is -0.493. The zero-order valence-electron chi connectivity index (χ0n) is 18.4. The second-order valence-electron chi connectivity index (χ2n) is 9.00. The van der Waals surface area contributed by atoms with Gasteiger partial charge in [0.25, 0.3) is 5.91 Å². The van der Waals surface area contributed by atoms with Crippen molar-refractivity contribution < 1.29 is 23.5 Å². The molecule has 1 amide bonds. The highest BCUT2D eigenvalue weighted by Crippen LogP contribution is 2.54. The molecule has 6 heteroatoms. The number of hydrogen-bond donors (Lipinski definition) is 0. The highest BCUT2D eigenvalue weighted by atomic mass is 16.6. The summed E-state index contributed by atoms with van der Waals surface area (Å²) >= 11 is 0. The second kappa shape index (κ2) is 7.27. The summed E-state index contributed by atoms with van der Waals surface area (Å²) in [4.78, 5) is 26.9. The van der Waals surface area contributed by atoms with E-state index >= 15 is 0 Å². The molecule has 0 N–H and O–H groups in total. The fraction of sp³-hybridized carbons (Fsp3) is 0.500. The fourth-order valence-corrected chi connectivity index (χ4v) is 4.83. The number of rotatable bonds is 4. The number of likely N-dealkylation sites (N-methyl/N-ethyl adjacent to an activating group) is 1. The lowest BCUT2D eigenvalue weighted by Crippen LogP contribution is -2.50. The van der Waals surface area contributed by atoms with Gasteiger partial charge in [-0.1, -0.05) is 13.8 Å². The van der Waals surface area contributed by atoms with E-state index in [2.05, 4.69) is 26.0 Å². The van der Waals surface area contributed by atoms with Gasteiger partial charge in [0.15, 0.2) is 0 Å². The Morgan fingerprint density at radius 1 is 1.37 bits per heavy atom. The molecule has 0 spiro atoms. The van der Waals surface area contributed by atoms with Gasteiger partial charge in [-0.05, 0) is 62.6 Å². The van der Waals surface area contributed by atoms with Crippen LogP contribution in [0.4, 0.5) is 0 Å². The number of fused-ring (bicyclic) bond motifs is 2. The minimum absolute atomic E-state index is 0.0285. The molecule has 0 fully saturated rings. The Morgan fingerprint density at radius 2 is 2.10 bits per heavy atom. The number of allylic oxidation sites excluding steroid dienone is 3. The number of hydrogen-bond acceptors (Lipinski definition) is 5. The lowest BCUT2D eigenvalue weighted by molar-refractivity contribution is -0.123. The normalized spacial score (nSPS) is 30.8. The van der Waals surface area contributed by atoms with Gasteiger partial charge in [0.05, 0.1) is 12.4 Å². The number of esters is 1. The molecule has 160 valence electrons. The molecular formula is C24H29NO5. The van der Waals surface area contributed by atoms with Crippen molar-refractivity contribution in [1.82, 2.24) is 4.90 Å². The van der Waals surface area contributed by atoms with E-state index in [0.717, 1.165) is 28.8 Å². The van der Waals surface area contributed by atoms with Crippen LogP contribution in [-0.2, 0) is 14.3 Å². The van der Waals surface area contributed by atoms with Gasteiger partial charge < -0.3 is 18.8 Å². The van der Waals surface area contributed by atoms with Crippen LogP contribution in [0.15, 0.2) is 57.4 Å². The molecule has 0 saturated carbocycles. The average molecular weight is 411 g/mol. The second-order valence-corrected chi connectivity index (χ2v) is 9.00. The van der Waals surface area contributed by atoms with Crippen molar-refractivity contribution in [3.05, 3.63) is 58.7 Å². The Bertz CT molecular complexity index is 968. The number of ether oxygens (including phenoxy) is 2. The molecule has 0 radical (unpaired) electrons. The van der Waals surface area contributed by atoms with E-state index in [1.807, 2.05) is 27.8 Å². The molecule has 30 heavy (non-hydrogen) atoms. The first-order chi connectivity index (χ1) is 14.1. The van der Waals surface area contributed by atoms with Gasteiger partial charge in [-0.3, -0.25) is 4.79 Å². The number of furan rings is 1. The summed E-state index contributed by atoms with van der Waals surface area (Å²) in [5, 5.41) is 0. The Balaban J connectivity index is 1.75. The van der Waals surface area contributed by atoms with Gasteiger partial charge in [0.1, 0.15) is 12.2 Å². The van der Waals surface area contributed by atoms with Crippen molar-refractivity contribution in [2.45, 2.75) is 59.4 Å². The molecule has 0 saturated heterocycles. The maximum absolute atomic E-state index is 12.7. The monoisotopic (exact) mass is 411 g/mol. The van der Waals surface area contributed by atoms with Crippen molar-refractivity contribution in [3.8, 4) is 0 Å². The predicted octanol–water partition coefficient (Wildman–Crippen LogP) is 4.26. The lowest BCUT2D eigenvalue weighted by Gasteiger charge is -2.49. The van der Waals surface area contributed by atoms with E-state index in [1.54, 1.807) is 17.0 Å². The summed E-state index contributed by atoms with van der Waals surface area (Å²) in [6, 6.07) is 3.26. The van der Waals surface area contributed by atoms with Crippen molar-refractivity contribution >= 4 is 11.9 Å². The quantitative estimate of drug-likeness (QED) is 0.693. The van der Waals surface area contributed by atoms with Crippen LogP contribution in [0.5, 0.6) is 0 Å². The number of carbonyl (C=O) groups excluding carboxylic acids is 2. The zero-order chi connectivity index (χ0) is 21.8. The molecular weight excluding hydrogens is 382 g/mol. The number of amides is 1. The van der Waals surface area contributed by atoms with Crippen LogP contribution >= 0.6 is 0 Å². The van der Waals surface area contributed by atoms with Gasteiger partial charge in [-0.25, -0.2) is 4.79 Å². The van der Waals surface area contributed by atoms with Crippen molar-refractivity contribution in [2.75, 3.05) is 7.05 Å². The first-order valence-corrected chi connectivity index (χ1v) is 10.5. The molecule has 1 aromatic rings. The van der Waals surface area contributed by atoms with Gasteiger partial charge in [-0.2, -0.15) is 0 Å². The minimum Gasteiger partial charge on any atom is -0.457 e. The maximum atomic E-state index is 12.7. The smallest absolute Gasteiger partial charge is 0.374 e. The van der Waals surface area contributed by atoms with Gasteiger partial charge >= 0.3 is 5.97 Å². The van der Waals surface area contributed by atoms with E-state index in [0.29, 0.717) is 0 Å². The summed E-state index contributed by atoms with van der Waals surface area (Å²) in [6.45, 7) is 10.1. The standard InChI is InChI=1S/C24H29NO5/c1-13(2)29-20-11-16-10-18-17(14(3)22(26)25(18)6)12-24(16,5)15(4)21(20)30-23(27)19-8-7-9-28-19/h7-11,13,15,20-21H,12H2,1-6H3/t15-,20+,21+,24+/m0/s1. The summed E-state index contributed by atoms with van der Waals surface area (Å²) in [6.07, 6.45) is 5.46.